The molecule has 0 saturated carbocycles. The molecule has 5 N–H and O–H groups in total. The van der Waals surface area contributed by atoms with Gasteiger partial charge in [-0.25, -0.2) is 9.59 Å². The SMILES string of the molecule is CCOc1ccc(C[C@H](NC(=O)[C@@H](N)CCCCOC(=O)c2ccccc2)C(=O)N[C@@H](Cc2ccccc2)C(=O)N2CCCC[C@@H]2C(=O)O)cc1. The molecule has 3 amide bonds. The fourth-order valence-corrected chi connectivity index (χ4v) is 6.01. The second kappa shape index (κ2) is 19.8. The summed E-state index contributed by atoms with van der Waals surface area (Å²) in [4.78, 5) is 66.9. The van der Waals surface area contributed by atoms with Gasteiger partial charge in [-0.15, -0.1) is 0 Å². The number of carboxylic acids is 1. The number of piperidine rings is 1. The van der Waals surface area contributed by atoms with Crippen molar-refractivity contribution in [3.8, 4) is 5.75 Å². The maximum Gasteiger partial charge on any atom is 0.338 e. The van der Waals surface area contributed by atoms with Crippen LogP contribution in [0.5, 0.6) is 5.75 Å². The highest BCUT2D eigenvalue weighted by atomic mass is 16.5. The summed E-state index contributed by atoms with van der Waals surface area (Å²) in [5.41, 5.74) is 8.23. The molecule has 51 heavy (non-hydrogen) atoms. The molecule has 12 nitrogen and oxygen atoms in total. The molecular weight excluding hydrogens is 652 g/mol. The van der Waals surface area contributed by atoms with E-state index in [1.54, 1.807) is 48.5 Å². The molecule has 3 aromatic carbocycles. The van der Waals surface area contributed by atoms with Crippen molar-refractivity contribution < 1.29 is 38.6 Å². The van der Waals surface area contributed by atoms with E-state index in [0.29, 0.717) is 50.0 Å². The number of nitrogens with two attached hydrogens (primary N) is 1. The number of likely N-dealkylation sites (tertiary alicyclic amines) is 1. The molecule has 0 unspecified atom stereocenters. The van der Waals surface area contributed by atoms with E-state index in [1.807, 2.05) is 43.3 Å². The van der Waals surface area contributed by atoms with Gasteiger partial charge in [0, 0.05) is 19.4 Å². The summed E-state index contributed by atoms with van der Waals surface area (Å²) < 4.78 is 10.9. The number of ether oxygens (including phenoxy) is 2. The summed E-state index contributed by atoms with van der Waals surface area (Å²) in [6, 6.07) is 20.8. The molecule has 0 aliphatic carbocycles. The van der Waals surface area contributed by atoms with Gasteiger partial charge in [-0.1, -0.05) is 60.7 Å². The largest absolute Gasteiger partial charge is 0.494 e. The van der Waals surface area contributed by atoms with Gasteiger partial charge in [-0.3, -0.25) is 14.4 Å². The first kappa shape index (κ1) is 38.6. The van der Waals surface area contributed by atoms with Gasteiger partial charge < -0.3 is 35.8 Å². The predicted molar refractivity (Wildman–Crippen MR) is 191 cm³/mol. The number of carbonyl (C=O) groups excluding carboxylic acids is 4. The number of esters is 1. The van der Waals surface area contributed by atoms with Crippen LogP contribution in [-0.2, 0) is 36.8 Å². The number of carboxylic acid groups (broad SMARTS) is 1. The smallest absolute Gasteiger partial charge is 0.338 e. The van der Waals surface area contributed by atoms with Crippen LogP contribution in [0.3, 0.4) is 0 Å². The number of rotatable bonds is 18. The number of unbranched alkanes of at least 4 members (excludes halogenated alkanes) is 1. The topological polar surface area (TPSA) is 177 Å². The monoisotopic (exact) mass is 700 g/mol. The second-order valence-corrected chi connectivity index (χ2v) is 12.6. The summed E-state index contributed by atoms with van der Waals surface area (Å²) >= 11 is 0. The third-order valence-electron chi connectivity index (χ3n) is 8.76. The molecule has 1 fully saturated rings. The van der Waals surface area contributed by atoms with Gasteiger partial charge in [-0.05, 0) is 80.8 Å². The van der Waals surface area contributed by atoms with Crippen molar-refractivity contribution in [3.63, 3.8) is 0 Å². The molecule has 0 radical (unpaired) electrons. The number of nitrogens with zero attached hydrogens (tertiary/aromatic N) is 1. The van der Waals surface area contributed by atoms with Crippen LogP contribution in [-0.4, -0.2) is 83.6 Å². The van der Waals surface area contributed by atoms with Crippen LogP contribution < -0.4 is 21.1 Å². The Hall–Kier alpha value is -5.23. The summed E-state index contributed by atoms with van der Waals surface area (Å²) in [5.74, 6) is -2.49. The quantitative estimate of drug-likeness (QED) is 0.114. The van der Waals surface area contributed by atoms with Crippen molar-refractivity contribution in [2.75, 3.05) is 19.8 Å². The van der Waals surface area contributed by atoms with Gasteiger partial charge in [0.2, 0.25) is 17.7 Å². The Morgan fingerprint density at radius 2 is 1.45 bits per heavy atom. The minimum Gasteiger partial charge on any atom is -0.494 e. The van der Waals surface area contributed by atoms with Crippen molar-refractivity contribution in [3.05, 3.63) is 102 Å². The highest BCUT2D eigenvalue weighted by Crippen LogP contribution is 2.20. The Bertz CT molecular complexity index is 1590. The molecule has 0 aromatic heterocycles. The summed E-state index contributed by atoms with van der Waals surface area (Å²) in [5, 5.41) is 15.5. The lowest BCUT2D eigenvalue weighted by atomic mass is 9.98. The molecule has 4 atom stereocenters. The lowest BCUT2D eigenvalue weighted by molar-refractivity contribution is -0.153. The first-order valence-corrected chi connectivity index (χ1v) is 17.5. The third-order valence-corrected chi connectivity index (χ3v) is 8.76. The molecule has 0 bridgehead atoms. The Balaban J connectivity index is 1.45. The van der Waals surface area contributed by atoms with Gasteiger partial charge in [0.1, 0.15) is 23.9 Å². The van der Waals surface area contributed by atoms with Crippen LogP contribution >= 0.6 is 0 Å². The number of hydrogen-bond acceptors (Lipinski definition) is 8. The Labute approximate surface area is 298 Å². The van der Waals surface area contributed by atoms with E-state index in [2.05, 4.69) is 10.6 Å². The molecule has 272 valence electrons. The molecule has 1 saturated heterocycles. The minimum absolute atomic E-state index is 0.0971. The van der Waals surface area contributed by atoms with E-state index >= 15 is 0 Å². The average Bonchev–Trinajstić information content (AvgIpc) is 3.15. The molecule has 1 heterocycles. The van der Waals surface area contributed by atoms with E-state index < -0.39 is 53.8 Å². The Morgan fingerprint density at radius 1 is 0.824 bits per heavy atom. The zero-order chi connectivity index (χ0) is 36.6. The number of nitrogens with one attached hydrogen (secondary N) is 2. The van der Waals surface area contributed by atoms with Crippen molar-refractivity contribution in [1.29, 1.82) is 0 Å². The number of carbonyl (C=O) groups is 5. The van der Waals surface area contributed by atoms with E-state index in [1.165, 1.54) is 4.90 Å². The van der Waals surface area contributed by atoms with Crippen LogP contribution in [0.25, 0.3) is 0 Å². The fraction of sp³-hybridized carbons (Fsp3) is 0.410. The third kappa shape index (κ3) is 12.0. The van der Waals surface area contributed by atoms with Gasteiger partial charge >= 0.3 is 11.9 Å². The zero-order valence-corrected chi connectivity index (χ0v) is 29.0. The fourth-order valence-electron chi connectivity index (χ4n) is 6.01. The van der Waals surface area contributed by atoms with Crippen molar-refractivity contribution >= 4 is 29.7 Å². The van der Waals surface area contributed by atoms with Crippen LogP contribution in [0.1, 0.15) is 66.9 Å². The average molecular weight is 701 g/mol. The van der Waals surface area contributed by atoms with E-state index in [-0.39, 0.29) is 32.4 Å². The molecule has 3 aromatic rings. The summed E-state index contributed by atoms with van der Waals surface area (Å²) in [6.07, 6.45) is 3.18. The normalized spacial score (nSPS) is 15.9. The van der Waals surface area contributed by atoms with Gasteiger partial charge in [0.05, 0.1) is 24.8 Å². The summed E-state index contributed by atoms with van der Waals surface area (Å²) in [7, 11) is 0. The van der Waals surface area contributed by atoms with Crippen LogP contribution in [0.2, 0.25) is 0 Å². The number of aliphatic carboxylic acids is 1. The molecule has 1 aliphatic heterocycles. The van der Waals surface area contributed by atoms with Crippen molar-refractivity contribution in [2.45, 2.75) is 82.5 Å². The first-order valence-electron chi connectivity index (χ1n) is 17.5. The maximum absolute atomic E-state index is 14.0. The Morgan fingerprint density at radius 3 is 2.12 bits per heavy atom. The van der Waals surface area contributed by atoms with Gasteiger partial charge in [0.15, 0.2) is 0 Å². The molecule has 12 heteroatoms. The molecular formula is C39H48N4O8. The highest BCUT2D eigenvalue weighted by Gasteiger charge is 2.37. The van der Waals surface area contributed by atoms with Crippen molar-refractivity contribution in [1.82, 2.24) is 15.5 Å². The van der Waals surface area contributed by atoms with Crippen LogP contribution in [0, 0.1) is 0 Å². The number of amides is 3. The standard InChI is InChI=1S/C39H48N4O8/c1-2-50-30-21-19-28(20-22-30)25-32(41-35(44)31(40)17-10-12-24-51-39(49)29-15-7-4-8-16-29)36(45)42-33(26-27-13-5-3-6-14-27)37(46)43-23-11-9-18-34(43)38(47)48/h3-8,13-16,19-22,31-34H,2,9-12,17-18,23-26,40H2,1H3,(H,41,44)(H,42,45)(H,47,48)/t31-,32-,33-,34+/m0/s1. The van der Waals surface area contributed by atoms with E-state index in [0.717, 1.165) is 11.1 Å². The van der Waals surface area contributed by atoms with Gasteiger partial charge in [-0.2, -0.15) is 0 Å². The number of hydrogen-bond donors (Lipinski definition) is 4. The van der Waals surface area contributed by atoms with Gasteiger partial charge in [0.25, 0.3) is 0 Å². The Kier molecular flexibility index (Phi) is 15.0. The lowest BCUT2D eigenvalue weighted by Gasteiger charge is -2.36. The predicted octanol–water partition coefficient (Wildman–Crippen LogP) is 3.66. The van der Waals surface area contributed by atoms with Crippen LogP contribution in [0.4, 0.5) is 0 Å². The van der Waals surface area contributed by atoms with E-state index in [9.17, 15) is 29.1 Å². The molecule has 0 spiro atoms. The first-order chi connectivity index (χ1) is 24.7. The lowest BCUT2D eigenvalue weighted by Crippen LogP contribution is -2.59. The van der Waals surface area contributed by atoms with Crippen LogP contribution in [0.15, 0.2) is 84.9 Å². The zero-order valence-electron chi connectivity index (χ0n) is 29.0. The van der Waals surface area contributed by atoms with E-state index in [4.69, 9.17) is 15.2 Å². The maximum atomic E-state index is 14.0. The van der Waals surface area contributed by atoms with Crippen molar-refractivity contribution in [2.24, 2.45) is 5.73 Å². The molecule has 4 rings (SSSR count). The highest BCUT2D eigenvalue weighted by molar-refractivity contribution is 5.94. The number of benzene rings is 3. The second-order valence-electron chi connectivity index (χ2n) is 12.6. The minimum atomic E-state index is -1.10. The molecule has 1 aliphatic rings. The summed E-state index contributed by atoms with van der Waals surface area (Å²) in [6.45, 7) is 2.80.